The molecule has 168 valence electrons. The molecule has 0 bridgehead atoms. The van der Waals surface area contributed by atoms with Gasteiger partial charge in [0.1, 0.15) is 5.82 Å². The number of morpholine rings is 1. The van der Waals surface area contributed by atoms with Crippen LogP contribution in [0.2, 0.25) is 0 Å². The highest BCUT2D eigenvalue weighted by Gasteiger charge is 2.22. The van der Waals surface area contributed by atoms with E-state index in [-0.39, 0.29) is 17.8 Å². The van der Waals surface area contributed by atoms with Crippen LogP contribution in [0.1, 0.15) is 25.8 Å². The third-order valence-electron chi connectivity index (χ3n) is 5.74. The standard InChI is InChI=1S/C23H37FN4O2/c1-19(2)15-28-12-13-30-22(17-28)14-25-23(29)18-27-9-3-8-26(10-11-27)16-20-4-6-21(24)7-5-20/h4-7,19,22H,3,8-18H2,1-2H3,(H,25,29). The summed E-state index contributed by atoms with van der Waals surface area (Å²) in [6.07, 6.45) is 1.11. The summed E-state index contributed by atoms with van der Waals surface area (Å²) in [5.74, 6) is 0.522. The topological polar surface area (TPSA) is 48.1 Å². The third kappa shape index (κ3) is 7.95. The zero-order chi connectivity index (χ0) is 21.3. The molecule has 3 rings (SSSR count). The predicted molar refractivity (Wildman–Crippen MR) is 117 cm³/mol. The molecular formula is C23H37FN4O2. The minimum Gasteiger partial charge on any atom is -0.374 e. The molecule has 0 radical (unpaired) electrons. The second-order valence-electron chi connectivity index (χ2n) is 8.98. The summed E-state index contributed by atoms with van der Waals surface area (Å²) in [6, 6.07) is 6.73. The highest BCUT2D eigenvalue weighted by atomic mass is 19.1. The molecule has 6 nitrogen and oxygen atoms in total. The van der Waals surface area contributed by atoms with Crippen LogP contribution >= 0.6 is 0 Å². The summed E-state index contributed by atoms with van der Waals surface area (Å²) in [6.45, 7) is 13.7. The van der Waals surface area contributed by atoms with Crippen LogP contribution < -0.4 is 5.32 Å². The first-order chi connectivity index (χ1) is 14.5. The van der Waals surface area contributed by atoms with Crippen molar-refractivity contribution in [2.75, 3.05) is 65.5 Å². The number of amides is 1. The molecule has 2 saturated heterocycles. The van der Waals surface area contributed by atoms with Gasteiger partial charge in [-0.25, -0.2) is 4.39 Å². The average molecular weight is 421 g/mol. The third-order valence-corrected chi connectivity index (χ3v) is 5.74. The monoisotopic (exact) mass is 420 g/mol. The highest BCUT2D eigenvalue weighted by Crippen LogP contribution is 2.10. The maximum Gasteiger partial charge on any atom is 0.234 e. The van der Waals surface area contributed by atoms with Crippen molar-refractivity contribution in [2.45, 2.75) is 32.9 Å². The van der Waals surface area contributed by atoms with Crippen LogP contribution in [0.15, 0.2) is 24.3 Å². The number of carbonyl (C=O) groups is 1. The van der Waals surface area contributed by atoms with Crippen LogP contribution in [0.4, 0.5) is 4.39 Å². The number of benzene rings is 1. The van der Waals surface area contributed by atoms with Crippen molar-refractivity contribution in [3.8, 4) is 0 Å². The van der Waals surface area contributed by atoms with E-state index in [9.17, 15) is 9.18 Å². The molecule has 1 aromatic rings. The Kier molecular flexibility index (Phi) is 9.05. The molecule has 1 atom stereocenters. The van der Waals surface area contributed by atoms with Gasteiger partial charge >= 0.3 is 0 Å². The molecular weight excluding hydrogens is 383 g/mol. The number of rotatable bonds is 8. The predicted octanol–water partition coefficient (Wildman–Crippen LogP) is 1.81. The van der Waals surface area contributed by atoms with Gasteiger partial charge in [0.05, 0.1) is 19.3 Å². The van der Waals surface area contributed by atoms with Crippen LogP contribution in [0.5, 0.6) is 0 Å². The molecule has 0 aliphatic carbocycles. The normalized spacial score (nSPS) is 22.2. The van der Waals surface area contributed by atoms with Crippen LogP contribution in [0, 0.1) is 11.7 Å². The number of nitrogens with zero attached hydrogens (tertiary/aromatic N) is 3. The Morgan fingerprint density at radius 1 is 1.10 bits per heavy atom. The summed E-state index contributed by atoms with van der Waals surface area (Å²) >= 11 is 0. The van der Waals surface area contributed by atoms with Crippen molar-refractivity contribution in [1.29, 1.82) is 0 Å². The summed E-state index contributed by atoms with van der Waals surface area (Å²) in [7, 11) is 0. The smallest absolute Gasteiger partial charge is 0.234 e. The van der Waals surface area contributed by atoms with Crippen LogP contribution in [0.25, 0.3) is 0 Å². The minimum absolute atomic E-state index is 0.0755. The van der Waals surface area contributed by atoms with Gasteiger partial charge in [-0.05, 0) is 43.1 Å². The lowest BCUT2D eigenvalue weighted by Crippen LogP contribution is -2.49. The van der Waals surface area contributed by atoms with E-state index in [1.54, 1.807) is 0 Å². The van der Waals surface area contributed by atoms with E-state index in [1.165, 1.54) is 12.1 Å². The zero-order valence-electron chi connectivity index (χ0n) is 18.5. The molecule has 1 N–H and O–H groups in total. The quantitative estimate of drug-likeness (QED) is 0.695. The van der Waals surface area contributed by atoms with E-state index in [1.807, 2.05) is 12.1 Å². The molecule has 0 saturated carbocycles. The Bertz CT molecular complexity index is 655. The molecule has 2 aliphatic rings. The summed E-state index contributed by atoms with van der Waals surface area (Å²) in [5.41, 5.74) is 1.13. The van der Waals surface area contributed by atoms with Gasteiger partial charge in [0, 0.05) is 45.8 Å². The van der Waals surface area contributed by atoms with Gasteiger partial charge in [0.2, 0.25) is 5.91 Å². The van der Waals surface area contributed by atoms with Crippen LogP contribution in [-0.4, -0.2) is 92.2 Å². The number of hydrogen-bond donors (Lipinski definition) is 1. The first-order valence-electron chi connectivity index (χ1n) is 11.3. The fourth-order valence-electron chi connectivity index (χ4n) is 4.26. The Morgan fingerprint density at radius 2 is 1.83 bits per heavy atom. The molecule has 2 fully saturated rings. The first-order valence-corrected chi connectivity index (χ1v) is 11.3. The molecule has 0 spiro atoms. The molecule has 30 heavy (non-hydrogen) atoms. The maximum atomic E-state index is 13.1. The molecule has 1 aromatic carbocycles. The van der Waals surface area contributed by atoms with Crippen molar-refractivity contribution < 1.29 is 13.9 Å². The molecule has 7 heteroatoms. The van der Waals surface area contributed by atoms with E-state index >= 15 is 0 Å². The molecule has 2 heterocycles. The molecule has 2 aliphatic heterocycles. The second kappa shape index (κ2) is 11.7. The Hall–Kier alpha value is -1.54. The number of nitrogens with one attached hydrogen (secondary N) is 1. The largest absolute Gasteiger partial charge is 0.374 e. The van der Waals surface area contributed by atoms with E-state index in [4.69, 9.17) is 4.74 Å². The Labute approximate surface area is 180 Å². The zero-order valence-corrected chi connectivity index (χ0v) is 18.5. The summed E-state index contributed by atoms with van der Waals surface area (Å²) in [5, 5.41) is 3.07. The number of carbonyl (C=O) groups excluding carboxylic acids is 1. The number of halogens is 1. The summed E-state index contributed by atoms with van der Waals surface area (Å²) in [4.78, 5) is 19.5. The lowest BCUT2D eigenvalue weighted by Gasteiger charge is -2.34. The van der Waals surface area contributed by atoms with E-state index in [0.29, 0.717) is 19.0 Å². The highest BCUT2D eigenvalue weighted by molar-refractivity contribution is 5.78. The van der Waals surface area contributed by atoms with Crippen molar-refractivity contribution in [2.24, 2.45) is 5.92 Å². The van der Waals surface area contributed by atoms with Gasteiger partial charge in [0.25, 0.3) is 0 Å². The fraction of sp³-hybridized carbons (Fsp3) is 0.696. The van der Waals surface area contributed by atoms with Crippen molar-refractivity contribution in [3.63, 3.8) is 0 Å². The van der Waals surface area contributed by atoms with Crippen molar-refractivity contribution >= 4 is 5.91 Å². The number of ether oxygens (including phenoxy) is 1. The summed E-state index contributed by atoms with van der Waals surface area (Å²) < 4.78 is 18.9. The van der Waals surface area contributed by atoms with Gasteiger partial charge in [-0.1, -0.05) is 26.0 Å². The average Bonchev–Trinajstić information content (AvgIpc) is 2.93. The van der Waals surface area contributed by atoms with Gasteiger partial charge < -0.3 is 10.1 Å². The maximum absolute atomic E-state index is 13.1. The van der Waals surface area contributed by atoms with E-state index < -0.39 is 0 Å². The van der Waals surface area contributed by atoms with E-state index in [2.05, 4.69) is 33.9 Å². The second-order valence-corrected chi connectivity index (χ2v) is 8.98. The Morgan fingerprint density at radius 3 is 2.60 bits per heavy atom. The van der Waals surface area contributed by atoms with Gasteiger partial charge in [-0.3, -0.25) is 19.5 Å². The minimum atomic E-state index is -0.196. The van der Waals surface area contributed by atoms with E-state index in [0.717, 1.165) is 70.9 Å². The fourth-order valence-corrected chi connectivity index (χ4v) is 4.26. The van der Waals surface area contributed by atoms with Gasteiger partial charge in [-0.15, -0.1) is 0 Å². The lowest BCUT2D eigenvalue weighted by molar-refractivity contribution is -0.123. The number of hydrogen-bond acceptors (Lipinski definition) is 5. The van der Waals surface area contributed by atoms with Crippen molar-refractivity contribution in [3.05, 3.63) is 35.6 Å². The van der Waals surface area contributed by atoms with Crippen LogP contribution in [0.3, 0.4) is 0 Å². The van der Waals surface area contributed by atoms with Crippen molar-refractivity contribution in [1.82, 2.24) is 20.0 Å². The van der Waals surface area contributed by atoms with Crippen LogP contribution in [-0.2, 0) is 16.1 Å². The Balaban J connectivity index is 1.35. The SMILES string of the molecule is CC(C)CN1CCOC(CNC(=O)CN2CCCN(Cc3ccc(F)cc3)CC2)C1. The molecule has 0 aromatic heterocycles. The first kappa shape index (κ1) is 23.1. The molecule has 1 amide bonds. The van der Waals surface area contributed by atoms with Gasteiger partial charge in [-0.2, -0.15) is 0 Å². The van der Waals surface area contributed by atoms with Gasteiger partial charge in [0.15, 0.2) is 0 Å². The lowest BCUT2D eigenvalue weighted by atomic mass is 10.2. The molecule has 1 unspecified atom stereocenters.